The zero-order valence-electron chi connectivity index (χ0n) is 25.9. The summed E-state index contributed by atoms with van der Waals surface area (Å²) < 4.78 is 6.33. The van der Waals surface area contributed by atoms with Gasteiger partial charge < -0.3 is 24.8 Å². The number of hydrogen-bond donors (Lipinski definition) is 1. The van der Waals surface area contributed by atoms with Crippen LogP contribution < -0.4 is 5.32 Å². The number of nitrogens with one attached hydrogen (secondary N) is 1. The second kappa shape index (κ2) is 13.3. The molecule has 0 unspecified atom stereocenters. The number of amides is 2. The summed E-state index contributed by atoms with van der Waals surface area (Å²) in [5.41, 5.74) is 2.99. The number of ether oxygens (including phenoxy) is 1. The first-order valence-corrected chi connectivity index (χ1v) is 16.9. The summed E-state index contributed by atoms with van der Waals surface area (Å²) in [4.78, 5) is 42.6. The van der Waals surface area contributed by atoms with E-state index in [1.54, 1.807) is 6.20 Å². The van der Waals surface area contributed by atoms with E-state index in [2.05, 4.69) is 43.1 Å². The normalized spacial score (nSPS) is 26.0. The van der Waals surface area contributed by atoms with E-state index in [1.807, 2.05) is 19.3 Å². The molecule has 2 aromatic heterocycles. The fraction of sp³-hybridized carbons (Fsp3) is 0.636. The fourth-order valence-electron chi connectivity index (χ4n) is 7.65. The maximum Gasteiger partial charge on any atom is 0.225 e. The number of rotatable bonds is 8. The van der Waals surface area contributed by atoms with Crippen LogP contribution in [0.3, 0.4) is 0 Å². The van der Waals surface area contributed by atoms with Crippen molar-refractivity contribution in [1.82, 2.24) is 24.7 Å². The molecule has 6 rings (SSSR count). The largest absolute Gasteiger partial charge is 0.489 e. The Hall–Kier alpha value is -2.98. The van der Waals surface area contributed by atoms with Gasteiger partial charge in [-0.1, -0.05) is 17.4 Å². The van der Waals surface area contributed by atoms with Gasteiger partial charge in [0.25, 0.3) is 0 Å². The minimum Gasteiger partial charge on any atom is -0.489 e. The first-order valence-electron chi connectivity index (χ1n) is 16.1. The van der Waals surface area contributed by atoms with Gasteiger partial charge in [-0.05, 0) is 88.9 Å². The molecule has 0 aromatic carbocycles. The molecule has 1 N–H and O–H groups in total. The Morgan fingerprint density at radius 1 is 1.05 bits per heavy atom. The van der Waals surface area contributed by atoms with Crippen molar-refractivity contribution in [3.63, 3.8) is 0 Å². The van der Waals surface area contributed by atoms with E-state index in [1.165, 1.54) is 57.0 Å². The third-order valence-electron chi connectivity index (χ3n) is 10.1. The quantitative estimate of drug-likeness (QED) is 0.437. The molecule has 2 aliphatic carbocycles. The molecule has 0 radical (unpaired) electrons. The molecule has 232 valence electrons. The van der Waals surface area contributed by atoms with Crippen LogP contribution in [0.1, 0.15) is 87.3 Å². The molecule has 4 aliphatic rings. The van der Waals surface area contributed by atoms with Gasteiger partial charge >= 0.3 is 0 Å². The lowest BCUT2D eigenvalue weighted by Crippen LogP contribution is -2.47. The van der Waals surface area contributed by atoms with Crippen molar-refractivity contribution in [2.75, 3.05) is 32.5 Å². The van der Waals surface area contributed by atoms with E-state index in [0.717, 1.165) is 72.2 Å². The summed E-state index contributed by atoms with van der Waals surface area (Å²) in [6.07, 6.45) is 15.4. The third kappa shape index (κ3) is 6.75. The molecule has 3 fully saturated rings. The lowest BCUT2D eigenvalue weighted by Gasteiger charge is -2.41. The minimum absolute atomic E-state index is 0.0998. The maximum atomic E-state index is 13.6. The van der Waals surface area contributed by atoms with Crippen LogP contribution in [0, 0.1) is 5.92 Å². The van der Waals surface area contributed by atoms with Crippen molar-refractivity contribution in [2.24, 2.45) is 5.92 Å². The lowest BCUT2D eigenvalue weighted by molar-refractivity contribution is -0.138. The summed E-state index contributed by atoms with van der Waals surface area (Å²) in [5.74, 6) is 1.22. The molecule has 2 amide bonds. The maximum absolute atomic E-state index is 13.6. The molecule has 43 heavy (non-hydrogen) atoms. The van der Waals surface area contributed by atoms with Crippen molar-refractivity contribution < 1.29 is 14.3 Å². The fourth-order valence-corrected chi connectivity index (χ4v) is 8.77. The number of allylic oxidation sites excluding steroid dienone is 1. The van der Waals surface area contributed by atoms with Gasteiger partial charge in [-0.2, -0.15) is 0 Å². The highest BCUT2D eigenvalue weighted by atomic mass is 32.1. The Morgan fingerprint density at radius 2 is 1.77 bits per heavy atom. The molecular weight excluding hydrogens is 560 g/mol. The van der Waals surface area contributed by atoms with Crippen LogP contribution in [0.5, 0.6) is 0 Å². The van der Waals surface area contributed by atoms with E-state index in [0.29, 0.717) is 36.2 Å². The summed E-state index contributed by atoms with van der Waals surface area (Å²) in [7, 11) is 4.20. The Kier molecular flexibility index (Phi) is 9.33. The number of thiazole rings is 1. The first-order chi connectivity index (χ1) is 20.9. The van der Waals surface area contributed by atoms with Crippen LogP contribution in [0.4, 0.5) is 5.13 Å². The standard InChI is InChI=1S/C33H46N6O3S/c1-22(40)35-33-36-28-21-42-29(19-23-7-6-16-34-20-23)30(31(28)43-33)37(2)25-10-8-24(9-11-25)32(41)38(3)26-12-14-27(15-13-26)39-17-4-5-18-39/h6-7,16,20,24-27H,4-5,8-15,17-19,21H2,1-3H3,(H,35,36,40). The van der Waals surface area contributed by atoms with E-state index in [9.17, 15) is 9.59 Å². The van der Waals surface area contributed by atoms with Gasteiger partial charge in [-0.15, -0.1) is 0 Å². The number of hydrogen-bond acceptors (Lipinski definition) is 8. The van der Waals surface area contributed by atoms with Crippen LogP contribution in [-0.4, -0.2) is 81.8 Å². The third-order valence-corrected chi connectivity index (χ3v) is 11.1. The predicted octanol–water partition coefficient (Wildman–Crippen LogP) is 5.29. The summed E-state index contributed by atoms with van der Waals surface area (Å²) in [6.45, 7) is 4.41. The van der Waals surface area contributed by atoms with E-state index >= 15 is 0 Å². The van der Waals surface area contributed by atoms with Gasteiger partial charge in [-0.25, -0.2) is 4.98 Å². The predicted molar refractivity (Wildman–Crippen MR) is 169 cm³/mol. The Balaban J connectivity index is 1.11. The van der Waals surface area contributed by atoms with Crippen LogP contribution in [0.25, 0.3) is 5.70 Å². The lowest BCUT2D eigenvalue weighted by atomic mass is 9.83. The second-order valence-electron chi connectivity index (χ2n) is 12.8. The highest BCUT2D eigenvalue weighted by Gasteiger charge is 2.37. The summed E-state index contributed by atoms with van der Waals surface area (Å²) in [6, 6.07) is 5.42. The summed E-state index contributed by atoms with van der Waals surface area (Å²) in [5, 5.41) is 3.45. The number of aromatic nitrogens is 2. The Morgan fingerprint density at radius 3 is 2.44 bits per heavy atom. The van der Waals surface area contributed by atoms with Crippen molar-refractivity contribution in [2.45, 2.75) is 102 Å². The number of carbonyl (C=O) groups is 2. The highest BCUT2D eigenvalue weighted by molar-refractivity contribution is 7.17. The number of fused-ring (bicyclic) bond motifs is 1. The smallest absolute Gasteiger partial charge is 0.225 e. The van der Waals surface area contributed by atoms with E-state index in [-0.39, 0.29) is 11.8 Å². The second-order valence-corrected chi connectivity index (χ2v) is 13.8. The van der Waals surface area contributed by atoms with Crippen molar-refractivity contribution in [1.29, 1.82) is 0 Å². The average Bonchev–Trinajstić information content (AvgIpc) is 3.71. The summed E-state index contributed by atoms with van der Waals surface area (Å²) >= 11 is 1.51. The van der Waals surface area contributed by atoms with Crippen LogP contribution in [0.2, 0.25) is 0 Å². The molecule has 10 heteroatoms. The van der Waals surface area contributed by atoms with Gasteiger partial charge in [0.05, 0.1) is 10.6 Å². The van der Waals surface area contributed by atoms with Gasteiger partial charge in [-0.3, -0.25) is 14.6 Å². The van der Waals surface area contributed by atoms with Gasteiger partial charge in [0.2, 0.25) is 11.8 Å². The molecule has 0 atom stereocenters. The number of nitrogens with zero attached hydrogens (tertiary/aromatic N) is 5. The van der Waals surface area contributed by atoms with Crippen molar-refractivity contribution in [3.8, 4) is 0 Å². The van der Waals surface area contributed by atoms with E-state index < -0.39 is 0 Å². The number of carbonyl (C=O) groups excluding carboxylic acids is 2. The molecule has 1 saturated heterocycles. The van der Waals surface area contributed by atoms with Crippen LogP contribution in [0.15, 0.2) is 30.3 Å². The number of likely N-dealkylation sites (tertiary alicyclic amines) is 1. The minimum atomic E-state index is -0.130. The zero-order chi connectivity index (χ0) is 29.9. The molecule has 2 aliphatic heterocycles. The van der Waals surface area contributed by atoms with Crippen LogP contribution in [-0.2, 0) is 27.4 Å². The SMILES string of the molecule is CC(=O)Nc1nc2c(s1)C(N(C)C1CCC(C(=O)N(C)C3CCC(N4CCCC4)CC3)CC1)=C(Cc1cccnc1)OC2. The molecule has 9 nitrogen and oxygen atoms in total. The van der Waals surface area contributed by atoms with Gasteiger partial charge in [0, 0.05) is 63.9 Å². The highest BCUT2D eigenvalue weighted by Crippen LogP contribution is 2.42. The van der Waals surface area contributed by atoms with Gasteiger partial charge in [0.1, 0.15) is 18.1 Å². The first kappa shape index (κ1) is 30.1. The molecule has 4 heterocycles. The zero-order valence-corrected chi connectivity index (χ0v) is 26.7. The van der Waals surface area contributed by atoms with Crippen LogP contribution >= 0.6 is 11.3 Å². The van der Waals surface area contributed by atoms with Crippen molar-refractivity contribution >= 4 is 34.0 Å². The van der Waals surface area contributed by atoms with Crippen molar-refractivity contribution in [3.05, 3.63) is 46.4 Å². The molecule has 0 bridgehead atoms. The molecule has 0 spiro atoms. The Bertz CT molecular complexity index is 1310. The average molecular weight is 607 g/mol. The number of anilines is 1. The molecule has 2 saturated carbocycles. The van der Waals surface area contributed by atoms with E-state index in [4.69, 9.17) is 4.74 Å². The Labute approximate surface area is 259 Å². The molecular formula is C33H46N6O3S. The van der Waals surface area contributed by atoms with Gasteiger partial charge in [0.15, 0.2) is 5.13 Å². The molecule has 2 aromatic rings. The monoisotopic (exact) mass is 606 g/mol. The number of pyridine rings is 1. The topological polar surface area (TPSA) is 90.9 Å².